The Labute approximate surface area is 142 Å². The largest absolute Gasteiger partial charge is 0.344 e. The van der Waals surface area contributed by atoms with E-state index in [2.05, 4.69) is 20.5 Å². The van der Waals surface area contributed by atoms with Crippen LogP contribution in [0, 0.1) is 5.82 Å². The van der Waals surface area contributed by atoms with Gasteiger partial charge in [0.05, 0.1) is 5.69 Å². The van der Waals surface area contributed by atoms with Crippen LogP contribution in [0.3, 0.4) is 0 Å². The van der Waals surface area contributed by atoms with Crippen molar-refractivity contribution in [2.24, 2.45) is 0 Å². The number of anilines is 1. The maximum Gasteiger partial charge on any atom is 0.315 e. The standard InChI is InChI=1S/C16H17FN4O2S/c1-21-7-6-12-13(9-21)24-16(19-12)20-15(23)14(22)18-8-10-2-4-11(17)5-3-10/h2-5H,6-9H2,1H3,(H,18,22)(H,19,20,23). The zero-order valence-corrected chi connectivity index (χ0v) is 14.0. The smallest absolute Gasteiger partial charge is 0.315 e. The molecule has 1 aliphatic heterocycles. The van der Waals surface area contributed by atoms with E-state index in [0.29, 0.717) is 10.7 Å². The molecule has 0 bridgehead atoms. The summed E-state index contributed by atoms with van der Waals surface area (Å²) in [7, 11) is 2.03. The number of halogens is 1. The van der Waals surface area contributed by atoms with Gasteiger partial charge in [0.25, 0.3) is 0 Å². The van der Waals surface area contributed by atoms with Gasteiger partial charge < -0.3 is 10.2 Å². The van der Waals surface area contributed by atoms with Crippen molar-refractivity contribution in [1.82, 2.24) is 15.2 Å². The van der Waals surface area contributed by atoms with Crippen LogP contribution in [0.5, 0.6) is 0 Å². The van der Waals surface area contributed by atoms with E-state index in [1.54, 1.807) is 12.1 Å². The van der Waals surface area contributed by atoms with Gasteiger partial charge in [0.1, 0.15) is 5.82 Å². The second kappa shape index (κ2) is 7.06. The van der Waals surface area contributed by atoms with E-state index in [9.17, 15) is 14.0 Å². The van der Waals surface area contributed by atoms with Gasteiger partial charge in [-0.25, -0.2) is 9.37 Å². The Bertz CT molecular complexity index is 760. The summed E-state index contributed by atoms with van der Waals surface area (Å²) in [6, 6.07) is 5.72. The Morgan fingerprint density at radius 2 is 2.04 bits per heavy atom. The molecule has 8 heteroatoms. The molecule has 0 fully saturated rings. The Morgan fingerprint density at radius 1 is 1.29 bits per heavy atom. The van der Waals surface area contributed by atoms with Gasteiger partial charge in [0, 0.05) is 30.9 Å². The number of carbonyl (C=O) groups excluding carboxylic acids is 2. The third kappa shape index (κ3) is 3.95. The molecular weight excluding hydrogens is 331 g/mol. The third-order valence-corrected chi connectivity index (χ3v) is 4.71. The van der Waals surface area contributed by atoms with Gasteiger partial charge in [-0.05, 0) is 24.7 Å². The van der Waals surface area contributed by atoms with Crippen LogP contribution in [0.1, 0.15) is 16.1 Å². The highest BCUT2D eigenvalue weighted by atomic mass is 32.1. The monoisotopic (exact) mass is 348 g/mol. The minimum atomic E-state index is -0.753. The molecule has 1 aliphatic rings. The van der Waals surface area contributed by atoms with Crippen LogP contribution < -0.4 is 10.6 Å². The molecule has 0 saturated heterocycles. The third-order valence-electron chi connectivity index (χ3n) is 3.72. The molecule has 1 aromatic heterocycles. The highest BCUT2D eigenvalue weighted by Crippen LogP contribution is 2.27. The fourth-order valence-corrected chi connectivity index (χ4v) is 3.48. The topological polar surface area (TPSA) is 74.3 Å². The number of rotatable bonds is 3. The lowest BCUT2D eigenvalue weighted by molar-refractivity contribution is -0.136. The SMILES string of the molecule is CN1CCc2nc(NC(=O)C(=O)NCc3ccc(F)cc3)sc2C1. The number of hydrogen-bond acceptors (Lipinski definition) is 5. The quantitative estimate of drug-likeness (QED) is 0.825. The number of hydrogen-bond donors (Lipinski definition) is 2. The molecule has 0 spiro atoms. The zero-order valence-electron chi connectivity index (χ0n) is 13.1. The Balaban J connectivity index is 1.54. The average molecular weight is 348 g/mol. The van der Waals surface area contributed by atoms with E-state index in [1.165, 1.54) is 23.5 Å². The Kier molecular flexibility index (Phi) is 4.86. The zero-order chi connectivity index (χ0) is 17.1. The number of fused-ring (bicyclic) bond motifs is 1. The van der Waals surface area contributed by atoms with E-state index in [-0.39, 0.29) is 12.4 Å². The molecule has 0 radical (unpaired) electrons. The van der Waals surface area contributed by atoms with Crippen molar-refractivity contribution in [3.8, 4) is 0 Å². The van der Waals surface area contributed by atoms with Gasteiger partial charge in [-0.2, -0.15) is 0 Å². The molecule has 2 heterocycles. The normalized spacial score (nSPS) is 14.1. The maximum absolute atomic E-state index is 12.8. The summed E-state index contributed by atoms with van der Waals surface area (Å²) < 4.78 is 12.8. The Morgan fingerprint density at radius 3 is 2.79 bits per heavy atom. The molecule has 0 saturated carbocycles. The average Bonchev–Trinajstić information content (AvgIpc) is 2.95. The number of nitrogens with zero attached hydrogens (tertiary/aromatic N) is 2. The van der Waals surface area contributed by atoms with Crippen LogP contribution in [0.25, 0.3) is 0 Å². The summed E-state index contributed by atoms with van der Waals surface area (Å²) >= 11 is 1.39. The summed E-state index contributed by atoms with van der Waals surface area (Å²) in [4.78, 5) is 31.5. The van der Waals surface area contributed by atoms with Gasteiger partial charge in [-0.1, -0.05) is 12.1 Å². The van der Waals surface area contributed by atoms with E-state index in [4.69, 9.17) is 0 Å². The molecule has 126 valence electrons. The van der Waals surface area contributed by atoms with Gasteiger partial charge in [-0.15, -0.1) is 11.3 Å². The van der Waals surface area contributed by atoms with Crippen molar-refractivity contribution in [2.45, 2.75) is 19.5 Å². The predicted molar refractivity (Wildman–Crippen MR) is 89.0 cm³/mol. The molecule has 0 unspecified atom stereocenters. The van der Waals surface area contributed by atoms with Crippen LogP contribution in [0.15, 0.2) is 24.3 Å². The van der Waals surface area contributed by atoms with Crippen molar-refractivity contribution in [2.75, 3.05) is 18.9 Å². The fraction of sp³-hybridized carbons (Fsp3) is 0.312. The van der Waals surface area contributed by atoms with Crippen molar-refractivity contribution in [3.63, 3.8) is 0 Å². The van der Waals surface area contributed by atoms with Crippen LogP contribution in [0.4, 0.5) is 9.52 Å². The summed E-state index contributed by atoms with van der Waals surface area (Å²) in [6.07, 6.45) is 0.842. The lowest BCUT2D eigenvalue weighted by Crippen LogP contribution is -2.34. The number of carbonyl (C=O) groups is 2. The first-order valence-electron chi connectivity index (χ1n) is 7.52. The summed E-state index contributed by atoms with van der Waals surface area (Å²) in [5.74, 6) is -1.85. The minimum Gasteiger partial charge on any atom is -0.344 e. The molecule has 3 rings (SSSR count). The van der Waals surface area contributed by atoms with Crippen LogP contribution >= 0.6 is 11.3 Å². The molecule has 1 aromatic carbocycles. The number of nitrogens with one attached hydrogen (secondary N) is 2. The first-order chi connectivity index (χ1) is 11.5. The first-order valence-corrected chi connectivity index (χ1v) is 8.33. The predicted octanol–water partition coefficient (Wildman–Crippen LogP) is 1.52. The molecule has 6 nitrogen and oxygen atoms in total. The van der Waals surface area contributed by atoms with Gasteiger partial charge in [0.15, 0.2) is 5.13 Å². The summed E-state index contributed by atoms with van der Waals surface area (Å²) in [5, 5.41) is 5.48. The molecule has 2 N–H and O–H groups in total. The van der Waals surface area contributed by atoms with Crippen LogP contribution in [0.2, 0.25) is 0 Å². The number of thiazole rings is 1. The van der Waals surface area contributed by atoms with Crippen molar-refractivity contribution >= 4 is 28.3 Å². The first kappa shape index (κ1) is 16.5. The molecule has 2 amide bonds. The highest BCUT2D eigenvalue weighted by molar-refractivity contribution is 7.16. The van der Waals surface area contributed by atoms with E-state index in [1.807, 2.05) is 7.05 Å². The van der Waals surface area contributed by atoms with Gasteiger partial charge >= 0.3 is 11.8 Å². The number of likely N-dealkylation sites (N-methyl/N-ethyl adjacent to an activating group) is 1. The minimum absolute atomic E-state index is 0.158. The lowest BCUT2D eigenvalue weighted by Gasteiger charge is -2.20. The summed E-state index contributed by atoms with van der Waals surface area (Å²) in [5.41, 5.74) is 1.70. The van der Waals surface area contributed by atoms with E-state index >= 15 is 0 Å². The van der Waals surface area contributed by atoms with Crippen LogP contribution in [-0.4, -0.2) is 35.3 Å². The highest BCUT2D eigenvalue weighted by Gasteiger charge is 2.21. The van der Waals surface area contributed by atoms with Crippen molar-refractivity contribution in [1.29, 1.82) is 0 Å². The van der Waals surface area contributed by atoms with Crippen LogP contribution in [-0.2, 0) is 29.1 Å². The number of benzene rings is 1. The van der Waals surface area contributed by atoms with E-state index in [0.717, 1.165) is 30.1 Å². The number of amides is 2. The lowest BCUT2D eigenvalue weighted by atomic mass is 10.2. The Hall–Kier alpha value is -2.32. The fourth-order valence-electron chi connectivity index (χ4n) is 2.40. The summed E-state index contributed by atoms with van der Waals surface area (Å²) in [6.45, 7) is 1.90. The van der Waals surface area contributed by atoms with Gasteiger partial charge in [-0.3, -0.25) is 14.9 Å². The van der Waals surface area contributed by atoms with Gasteiger partial charge in [0.2, 0.25) is 0 Å². The molecule has 0 aliphatic carbocycles. The second-order valence-corrected chi connectivity index (χ2v) is 6.72. The second-order valence-electron chi connectivity index (χ2n) is 5.64. The van der Waals surface area contributed by atoms with Crippen molar-refractivity contribution in [3.05, 3.63) is 46.2 Å². The van der Waals surface area contributed by atoms with E-state index < -0.39 is 11.8 Å². The molecular formula is C16H17FN4O2S. The molecule has 2 aromatic rings. The maximum atomic E-state index is 12.8. The molecule has 0 atom stereocenters. The number of aromatic nitrogens is 1. The van der Waals surface area contributed by atoms with Crippen molar-refractivity contribution < 1.29 is 14.0 Å². The molecule has 24 heavy (non-hydrogen) atoms.